The van der Waals surface area contributed by atoms with Crippen molar-refractivity contribution in [2.75, 3.05) is 45.2 Å². The minimum absolute atomic E-state index is 0.0323. The molecular formula is C26H34N4O3. The van der Waals surface area contributed by atoms with E-state index >= 15 is 0 Å². The third-order valence-corrected chi connectivity index (χ3v) is 6.66. The van der Waals surface area contributed by atoms with Crippen LogP contribution in [0.4, 0.5) is 10.5 Å². The van der Waals surface area contributed by atoms with Gasteiger partial charge in [-0.15, -0.1) is 0 Å². The number of para-hydroxylation sites is 1. The van der Waals surface area contributed by atoms with Crippen molar-refractivity contribution in [1.29, 1.82) is 0 Å². The predicted molar refractivity (Wildman–Crippen MR) is 129 cm³/mol. The molecule has 2 aromatic carbocycles. The first-order valence-corrected chi connectivity index (χ1v) is 11.9. The summed E-state index contributed by atoms with van der Waals surface area (Å²) in [5.41, 5.74) is 1.95. The van der Waals surface area contributed by atoms with Gasteiger partial charge < -0.3 is 20.3 Å². The van der Waals surface area contributed by atoms with Crippen LogP contribution in [0.3, 0.4) is 0 Å². The van der Waals surface area contributed by atoms with Gasteiger partial charge in [-0.2, -0.15) is 0 Å². The van der Waals surface area contributed by atoms with E-state index in [9.17, 15) is 9.59 Å². The summed E-state index contributed by atoms with van der Waals surface area (Å²) < 4.78 is 5.30. The van der Waals surface area contributed by atoms with Gasteiger partial charge in [0.05, 0.1) is 19.1 Å². The molecule has 4 rings (SSSR count). The molecule has 2 N–H and O–H groups in total. The SMILES string of the molecule is COc1ccc([C@H](CNC(=O)[C@@H]2CCCN(C(=O)Nc3ccccc3)C2)N2CCCC2)cc1. The number of ether oxygens (including phenoxy) is 1. The fraction of sp³-hybridized carbons (Fsp3) is 0.462. The van der Waals surface area contributed by atoms with E-state index in [1.807, 2.05) is 42.5 Å². The number of hydrogen-bond acceptors (Lipinski definition) is 4. The second-order valence-electron chi connectivity index (χ2n) is 8.86. The van der Waals surface area contributed by atoms with Gasteiger partial charge in [0.1, 0.15) is 5.75 Å². The fourth-order valence-electron chi connectivity index (χ4n) is 4.78. The van der Waals surface area contributed by atoms with Crippen LogP contribution in [0.25, 0.3) is 0 Å². The molecule has 2 aliphatic heterocycles. The first-order chi connectivity index (χ1) is 16.1. The molecule has 2 atom stereocenters. The lowest BCUT2D eigenvalue weighted by atomic mass is 9.97. The Labute approximate surface area is 196 Å². The Morgan fingerprint density at radius 3 is 2.42 bits per heavy atom. The lowest BCUT2D eigenvalue weighted by Crippen LogP contribution is -2.48. The maximum absolute atomic E-state index is 13.1. The van der Waals surface area contributed by atoms with Crippen molar-refractivity contribution < 1.29 is 14.3 Å². The van der Waals surface area contributed by atoms with E-state index in [1.54, 1.807) is 12.0 Å². The van der Waals surface area contributed by atoms with Gasteiger partial charge in [0.2, 0.25) is 5.91 Å². The molecular weight excluding hydrogens is 416 g/mol. The van der Waals surface area contributed by atoms with Crippen molar-refractivity contribution in [1.82, 2.24) is 15.1 Å². The number of methoxy groups -OCH3 is 1. The summed E-state index contributed by atoms with van der Waals surface area (Å²) in [6.45, 7) is 3.77. The standard InChI is InChI=1S/C26H34N4O3/c1-33-23-13-11-20(12-14-23)24(29-15-5-6-16-29)18-27-25(31)21-8-7-17-30(19-21)26(32)28-22-9-3-2-4-10-22/h2-4,9-14,21,24H,5-8,15-19H2,1H3,(H,27,31)(H,28,32)/t21-,24+/m1/s1. The number of likely N-dealkylation sites (tertiary alicyclic amines) is 2. The Bertz CT molecular complexity index is 913. The third kappa shape index (κ3) is 6.05. The monoisotopic (exact) mass is 450 g/mol. The van der Waals surface area contributed by atoms with Crippen LogP contribution >= 0.6 is 0 Å². The largest absolute Gasteiger partial charge is 0.497 e. The number of rotatable bonds is 7. The van der Waals surface area contributed by atoms with E-state index in [2.05, 4.69) is 27.7 Å². The molecule has 33 heavy (non-hydrogen) atoms. The Morgan fingerprint density at radius 1 is 1.00 bits per heavy atom. The summed E-state index contributed by atoms with van der Waals surface area (Å²) in [5.74, 6) is 0.680. The smallest absolute Gasteiger partial charge is 0.321 e. The Hall–Kier alpha value is -3.06. The van der Waals surface area contributed by atoms with Gasteiger partial charge in [-0.1, -0.05) is 30.3 Å². The number of amides is 3. The summed E-state index contributed by atoms with van der Waals surface area (Å²) in [5, 5.41) is 6.12. The van der Waals surface area contributed by atoms with Gasteiger partial charge in [0, 0.05) is 25.3 Å². The van der Waals surface area contributed by atoms with Gasteiger partial charge >= 0.3 is 6.03 Å². The molecule has 2 saturated heterocycles. The highest BCUT2D eigenvalue weighted by Gasteiger charge is 2.30. The van der Waals surface area contributed by atoms with Gasteiger partial charge in [-0.25, -0.2) is 4.79 Å². The quantitative estimate of drug-likeness (QED) is 0.671. The van der Waals surface area contributed by atoms with E-state index in [4.69, 9.17) is 4.74 Å². The zero-order valence-corrected chi connectivity index (χ0v) is 19.3. The molecule has 0 saturated carbocycles. The van der Waals surface area contributed by atoms with Crippen LogP contribution in [-0.4, -0.2) is 61.6 Å². The van der Waals surface area contributed by atoms with Crippen molar-refractivity contribution in [3.05, 3.63) is 60.2 Å². The normalized spacial score (nSPS) is 19.7. The number of piperidine rings is 1. The molecule has 0 aromatic heterocycles. The number of hydrogen-bond donors (Lipinski definition) is 2. The van der Waals surface area contributed by atoms with E-state index < -0.39 is 0 Å². The van der Waals surface area contributed by atoms with Gasteiger partial charge in [0.15, 0.2) is 0 Å². The highest BCUT2D eigenvalue weighted by molar-refractivity contribution is 5.90. The van der Waals surface area contributed by atoms with Crippen LogP contribution in [0.1, 0.15) is 37.3 Å². The lowest BCUT2D eigenvalue weighted by molar-refractivity contribution is -0.126. The van der Waals surface area contributed by atoms with Crippen LogP contribution in [0.15, 0.2) is 54.6 Å². The number of urea groups is 1. The van der Waals surface area contributed by atoms with Crippen LogP contribution in [0, 0.1) is 5.92 Å². The zero-order chi connectivity index (χ0) is 23.0. The van der Waals surface area contributed by atoms with Crippen LogP contribution in [0.5, 0.6) is 5.75 Å². The molecule has 0 radical (unpaired) electrons. The molecule has 3 amide bonds. The lowest BCUT2D eigenvalue weighted by Gasteiger charge is -2.33. The third-order valence-electron chi connectivity index (χ3n) is 6.66. The minimum Gasteiger partial charge on any atom is -0.497 e. The molecule has 0 spiro atoms. The van der Waals surface area contributed by atoms with E-state index in [0.717, 1.165) is 37.4 Å². The van der Waals surface area contributed by atoms with E-state index in [1.165, 1.54) is 18.4 Å². The Balaban J connectivity index is 1.34. The van der Waals surface area contributed by atoms with Crippen molar-refractivity contribution >= 4 is 17.6 Å². The Kier molecular flexibility index (Phi) is 7.83. The number of anilines is 1. The number of carbonyl (C=O) groups excluding carboxylic acids is 2. The van der Waals surface area contributed by atoms with Crippen LogP contribution in [0.2, 0.25) is 0 Å². The molecule has 2 aliphatic rings. The van der Waals surface area contributed by atoms with E-state index in [0.29, 0.717) is 19.6 Å². The molecule has 0 aliphatic carbocycles. The van der Waals surface area contributed by atoms with Gasteiger partial charge in [-0.3, -0.25) is 9.69 Å². The first-order valence-electron chi connectivity index (χ1n) is 11.9. The summed E-state index contributed by atoms with van der Waals surface area (Å²) in [6, 6.07) is 17.5. The molecule has 7 nitrogen and oxygen atoms in total. The molecule has 176 valence electrons. The van der Waals surface area contributed by atoms with Crippen LogP contribution < -0.4 is 15.4 Å². The predicted octanol–water partition coefficient (Wildman–Crippen LogP) is 3.89. The average molecular weight is 451 g/mol. The van der Waals surface area contributed by atoms with Crippen molar-refractivity contribution in [2.45, 2.75) is 31.7 Å². The number of nitrogens with one attached hydrogen (secondary N) is 2. The highest BCUT2D eigenvalue weighted by atomic mass is 16.5. The summed E-state index contributed by atoms with van der Waals surface area (Å²) in [6.07, 6.45) is 4.01. The fourth-order valence-corrected chi connectivity index (χ4v) is 4.78. The van der Waals surface area contributed by atoms with Crippen LogP contribution in [-0.2, 0) is 4.79 Å². The maximum Gasteiger partial charge on any atom is 0.321 e. The molecule has 0 bridgehead atoms. The van der Waals surface area contributed by atoms with Gasteiger partial charge in [0.25, 0.3) is 0 Å². The van der Waals surface area contributed by atoms with Crippen molar-refractivity contribution in [3.8, 4) is 5.75 Å². The van der Waals surface area contributed by atoms with Crippen molar-refractivity contribution in [2.24, 2.45) is 5.92 Å². The first kappa shape index (κ1) is 23.1. The molecule has 2 aromatic rings. The zero-order valence-electron chi connectivity index (χ0n) is 19.3. The summed E-state index contributed by atoms with van der Waals surface area (Å²) in [4.78, 5) is 29.9. The maximum atomic E-state index is 13.1. The topological polar surface area (TPSA) is 73.9 Å². The summed E-state index contributed by atoms with van der Waals surface area (Å²) >= 11 is 0. The molecule has 2 fully saturated rings. The number of carbonyl (C=O) groups is 2. The number of nitrogens with zero attached hydrogens (tertiary/aromatic N) is 2. The van der Waals surface area contributed by atoms with Gasteiger partial charge in [-0.05, 0) is 68.6 Å². The minimum atomic E-state index is -0.185. The Morgan fingerprint density at radius 2 is 1.73 bits per heavy atom. The van der Waals surface area contributed by atoms with Crippen molar-refractivity contribution in [3.63, 3.8) is 0 Å². The summed E-state index contributed by atoms with van der Waals surface area (Å²) in [7, 11) is 1.67. The molecule has 0 unspecified atom stereocenters. The molecule has 7 heteroatoms. The number of benzene rings is 2. The highest BCUT2D eigenvalue weighted by Crippen LogP contribution is 2.27. The van der Waals surface area contributed by atoms with E-state index in [-0.39, 0.29) is 23.9 Å². The molecule has 2 heterocycles. The second-order valence-corrected chi connectivity index (χ2v) is 8.86. The average Bonchev–Trinajstić information content (AvgIpc) is 3.40. The second kappa shape index (κ2) is 11.2.